The molecule has 2 nitrogen and oxygen atoms in total. The fourth-order valence-corrected chi connectivity index (χ4v) is 2.91. The van der Waals surface area contributed by atoms with Gasteiger partial charge in [0.05, 0.1) is 5.88 Å². The van der Waals surface area contributed by atoms with Crippen LogP contribution in [0.2, 0.25) is 0 Å². The van der Waals surface area contributed by atoms with E-state index in [4.69, 9.17) is 16.4 Å². The van der Waals surface area contributed by atoms with E-state index in [2.05, 4.69) is 37.2 Å². The minimum Gasteiger partial charge on any atom is -0.387 e. The van der Waals surface area contributed by atoms with Crippen molar-refractivity contribution in [1.82, 2.24) is 0 Å². The highest BCUT2D eigenvalue weighted by molar-refractivity contribution is 8.13. The molecule has 0 bridgehead atoms. The maximum Gasteiger partial charge on any atom is 0.154 e. The lowest BCUT2D eigenvalue weighted by molar-refractivity contribution is 0.0152. The van der Waals surface area contributed by atoms with Crippen LogP contribution in [0, 0.1) is 13.8 Å². The SMILES string of the molecule is Cc1ccc(CSC2=NOC(C)(CCl)C2)cc1C. The van der Waals surface area contributed by atoms with Gasteiger partial charge in [-0.05, 0) is 37.5 Å². The third-order valence-corrected chi connectivity index (χ3v) is 4.75. The van der Waals surface area contributed by atoms with Crippen molar-refractivity contribution in [3.05, 3.63) is 34.9 Å². The van der Waals surface area contributed by atoms with Crippen molar-refractivity contribution < 1.29 is 4.84 Å². The summed E-state index contributed by atoms with van der Waals surface area (Å²) in [5.74, 6) is 1.41. The number of benzene rings is 1. The van der Waals surface area contributed by atoms with Gasteiger partial charge in [-0.3, -0.25) is 0 Å². The smallest absolute Gasteiger partial charge is 0.154 e. The van der Waals surface area contributed by atoms with Crippen molar-refractivity contribution in [2.45, 2.75) is 38.5 Å². The highest BCUT2D eigenvalue weighted by atomic mass is 35.5. The normalized spacial score (nSPS) is 22.8. The summed E-state index contributed by atoms with van der Waals surface area (Å²) in [5, 5.41) is 5.15. The van der Waals surface area contributed by atoms with Crippen molar-refractivity contribution in [3.63, 3.8) is 0 Å². The van der Waals surface area contributed by atoms with Crippen LogP contribution in [0.1, 0.15) is 30.0 Å². The van der Waals surface area contributed by atoms with Crippen molar-refractivity contribution in [2.24, 2.45) is 5.16 Å². The van der Waals surface area contributed by atoms with E-state index in [0.29, 0.717) is 5.88 Å². The number of alkyl halides is 1. The van der Waals surface area contributed by atoms with Gasteiger partial charge in [-0.1, -0.05) is 23.4 Å². The van der Waals surface area contributed by atoms with E-state index >= 15 is 0 Å². The Morgan fingerprint density at radius 3 is 2.78 bits per heavy atom. The van der Waals surface area contributed by atoms with E-state index in [-0.39, 0.29) is 5.60 Å². The lowest BCUT2D eigenvalue weighted by Gasteiger charge is -2.16. The Labute approximate surface area is 118 Å². The van der Waals surface area contributed by atoms with Gasteiger partial charge in [0.15, 0.2) is 5.60 Å². The predicted octanol–water partition coefficient (Wildman–Crippen LogP) is 4.27. The number of rotatable bonds is 3. The highest BCUT2D eigenvalue weighted by Gasteiger charge is 2.33. The van der Waals surface area contributed by atoms with Crippen molar-refractivity contribution >= 4 is 28.4 Å². The van der Waals surface area contributed by atoms with Crippen LogP contribution in [0.25, 0.3) is 0 Å². The largest absolute Gasteiger partial charge is 0.387 e. The van der Waals surface area contributed by atoms with Crippen molar-refractivity contribution in [3.8, 4) is 0 Å². The molecule has 0 spiro atoms. The molecule has 0 fully saturated rings. The first-order chi connectivity index (χ1) is 8.52. The molecule has 1 atom stereocenters. The topological polar surface area (TPSA) is 21.6 Å². The van der Waals surface area contributed by atoms with Gasteiger partial charge in [-0.15, -0.1) is 23.4 Å². The van der Waals surface area contributed by atoms with E-state index in [1.54, 1.807) is 11.8 Å². The monoisotopic (exact) mass is 283 g/mol. The fraction of sp³-hybridized carbons (Fsp3) is 0.500. The first kappa shape index (κ1) is 13.8. The van der Waals surface area contributed by atoms with Crippen LogP contribution >= 0.6 is 23.4 Å². The van der Waals surface area contributed by atoms with Gasteiger partial charge in [0.2, 0.25) is 0 Å². The molecule has 18 heavy (non-hydrogen) atoms. The summed E-state index contributed by atoms with van der Waals surface area (Å²) in [6, 6.07) is 6.58. The van der Waals surface area contributed by atoms with E-state index in [1.165, 1.54) is 16.7 Å². The standard InChI is InChI=1S/C14H18ClNOS/c1-10-4-5-12(6-11(10)2)8-18-13-7-14(3,9-15)17-16-13/h4-6H,7-9H2,1-3H3. The molecule has 1 unspecified atom stereocenters. The molecule has 0 aromatic heterocycles. The quantitative estimate of drug-likeness (QED) is 0.773. The van der Waals surface area contributed by atoms with E-state index in [1.807, 2.05) is 6.92 Å². The maximum absolute atomic E-state index is 5.86. The summed E-state index contributed by atoms with van der Waals surface area (Å²) < 4.78 is 0. The fourth-order valence-electron chi connectivity index (χ4n) is 1.75. The molecule has 2 rings (SSSR count). The number of hydrogen-bond acceptors (Lipinski definition) is 3. The van der Waals surface area contributed by atoms with Gasteiger partial charge in [0.1, 0.15) is 5.04 Å². The average molecular weight is 284 g/mol. The Balaban J connectivity index is 1.91. The van der Waals surface area contributed by atoms with Crippen molar-refractivity contribution in [2.75, 3.05) is 5.88 Å². The number of nitrogens with zero attached hydrogens (tertiary/aromatic N) is 1. The molecule has 0 saturated heterocycles. The zero-order chi connectivity index (χ0) is 13.2. The van der Waals surface area contributed by atoms with Gasteiger partial charge < -0.3 is 4.84 Å². The molecule has 0 saturated carbocycles. The van der Waals surface area contributed by atoms with Gasteiger partial charge in [-0.2, -0.15) is 0 Å². The second kappa shape index (κ2) is 5.54. The Hall–Kier alpha value is -0.670. The Bertz CT molecular complexity index is 475. The maximum atomic E-state index is 5.86. The first-order valence-corrected chi connectivity index (χ1v) is 7.54. The lowest BCUT2D eigenvalue weighted by Crippen LogP contribution is -2.26. The van der Waals surface area contributed by atoms with Crippen LogP contribution in [-0.4, -0.2) is 16.5 Å². The van der Waals surface area contributed by atoms with Crippen LogP contribution in [0.15, 0.2) is 23.4 Å². The predicted molar refractivity (Wildman–Crippen MR) is 79.5 cm³/mol. The summed E-state index contributed by atoms with van der Waals surface area (Å²) >= 11 is 7.60. The molecule has 4 heteroatoms. The minimum atomic E-state index is -0.312. The molecule has 0 aliphatic carbocycles. The Kier molecular flexibility index (Phi) is 4.23. The molecule has 98 valence electrons. The zero-order valence-electron chi connectivity index (χ0n) is 11.0. The van der Waals surface area contributed by atoms with Crippen LogP contribution in [-0.2, 0) is 10.6 Å². The molecule has 1 heterocycles. The van der Waals surface area contributed by atoms with E-state index in [9.17, 15) is 0 Å². The number of halogens is 1. The highest BCUT2D eigenvalue weighted by Crippen LogP contribution is 2.30. The van der Waals surface area contributed by atoms with Gasteiger partial charge >= 0.3 is 0 Å². The summed E-state index contributed by atoms with van der Waals surface area (Å²) in [5.41, 5.74) is 3.68. The molecule has 1 aliphatic rings. The van der Waals surface area contributed by atoms with E-state index < -0.39 is 0 Å². The minimum absolute atomic E-state index is 0.312. The summed E-state index contributed by atoms with van der Waals surface area (Å²) in [6.45, 7) is 6.27. The third kappa shape index (κ3) is 3.21. The van der Waals surface area contributed by atoms with Crippen LogP contribution in [0.5, 0.6) is 0 Å². The molecular weight excluding hydrogens is 266 g/mol. The van der Waals surface area contributed by atoms with Gasteiger partial charge in [0.25, 0.3) is 0 Å². The second-order valence-electron chi connectivity index (χ2n) is 5.04. The molecule has 0 amide bonds. The molecule has 1 aromatic rings. The van der Waals surface area contributed by atoms with Crippen LogP contribution in [0.4, 0.5) is 0 Å². The summed E-state index contributed by atoms with van der Waals surface area (Å²) in [4.78, 5) is 5.37. The summed E-state index contributed by atoms with van der Waals surface area (Å²) in [6.07, 6.45) is 0.812. The van der Waals surface area contributed by atoms with Gasteiger partial charge in [-0.25, -0.2) is 0 Å². The van der Waals surface area contributed by atoms with Crippen LogP contribution < -0.4 is 0 Å². The number of thioether (sulfide) groups is 1. The molecule has 1 aliphatic heterocycles. The summed E-state index contributed by atoms with van der Waals surface area (Å²) in [7, 11) is 0. The Morgan fingerprint density at radius 1 is 1.39 bits per heavy atom. The number of aryl methyl sites for hydroxylation is 2. The molecule has 0 radical (unpaired) electrons. The molecular formula is C14H18ClNOS. The zero-order valence-corrected chi connectivity index (χ0v) is 12.6. The average Bonchev–Trinajstić information content (AvgIpc) is 2.74. The van der Waals surface area contributed by atoms with Gasteiger partial charge in [0, 0.05) is 12.2 Å². The molecule has 0 N–H and O–H groups in total. The number of oxime groups is 1. The second-order valence-corrected chi connectivity index (χ2v) is 6.36. The lowest BCUT2D eigenvalue weighted by atomic mass is 10.1. The van der Waals surface area contributed by atoms with Crippen molar-refractivity contribution in [1.29, 1.82) is 0 Å². The van der Waals surface area contributed by atoms with Crippen LogP contribution in [0.3, 0.4) is 0 Å². The third-order valence-electron chi connectivity index (χ3n) is 3.15. The molecule has 1 aromatic carbocycles. The Morgan fingerprint density at radius 2 is 2.17 bits per heavy atom. The number of hydrogen-bond donors (Lipinski definition) is 0. The van der Waals surface area contributed by atoms with E-state index in [0.717, 1.165) is 17.2 Å². The first-order valence-electron chi connectivity index (χ1n) is 6.02.